The number of fused-ring (bicyclic) bond motifs is 2. The van der Waals surface area contributed by atoms with Crippen molar-refractivity contribution >= 4 is 45.4 Å². The third-order valence-electron chi connectivity index (χ3n) is 8.71. The molecule has 1 aliphatic carbocycles. The maximum absolute atomic E-state index is 14.0. The Kier molecular flexibility index (Phi) is 7.00. The van der Waals surface area contributed by atoms with Crippen molar-refractivity contribution in [3.05, 3.63) is 46.2 Å². The molecule has 0 spiro atoms. The zero-order chi connectivity index (χ0) is 31.7. The van der Waals surface area contributed by atoms with Gasteiger partial charge in [-0.15, -0.1) is 11.3 Å². The molecule has 0 N–H and O–H groups in total. The van der Waals surface area contributed by atoms with Gasteiger partial charge >= 0.3 is 6.09 Å². The van der Waals surface area contributed by atoms with Crippen LogP contribution in [-0.4, -0.2) is 80.3 Å². The topological polar surface area (TPSA) is 137 Å². The number of piperazine rings is 1. The van der Waals surface area contributed by atoms with Crippen molar-refractivity contribution in [2.24, 2.45) is 17.3 Å². The molecule has 11 nitrogen and oxygen atoms in total. The van der Waals surface area contributed by atoms with Gasteiger partial charge in [-0.3, -0.25) is 24.3 Å². The van der Waals surface area contributed by atoms with Crippen LogP contribution in [0, 0.1) is 35.5 Å². The van der Waals surface area contributed by atoms with Gasteiger partial charge in [0.2, 0.25) is 11.8 Å². The summed E-state index contributed by atoms with van der Waals surface area (Å²) in [6.45, 7) is 12.5. The predicted molar refractivity (Wildman–Crippen MR) is 162 cm³/mol. The smallest absolute Gasteiger partial charge is 0.410 e. The summed E-state index contributed by atoms with van der Waals surface area (Å²) in [5, 5.41) is 9.73. The number of rotatable bonds is 4. The molecule has 3 aromatic rings. The molecule has 3 aromatic heterocycles. The average Bonchev–Trinajstić information content (AvgIpc) is 3.20. The number of nitriles is 1. The van der Waals surface area contributed by atoms with E-state index in [0.29, 0.717) is 54.1 Å². The van der Waals surface area contributed by atoms with Crippen molar-refractivity contribution in [2.75, 3.05) is 26.2 Å². The van der Waals surface area contributed by atoms with E-state index < -0.39 is 11.7 Å². The van der Waals surface area contributed by atoms with Crippen LogP contribution in [0.5, 0.6) is 0 Å². The number of amides is 4. The van der Waals surface area contributed by atoms with Gasteiger partial charge < -0.3 is 14.5 Å². The normalized spacial score (nSPS) is 21.0. The van der Waals surface area contributed by atoms with Crippen LogP contribution in [0.3, 0.4) is 0 Å². The highest BCUT2D eigenvalue weighted by Gasteiger charge is 2.72. The van der Waals surface area contributed by atoms with E-state index in [2.05, 4.69) is 16.0 Å². The van der Waals surface area contributed by atoms with E-state index in [-0.39, 0.29) is 47.2 Å². The molecule has 0 bridgehead atoms. The van der Waals surface area contributed by atoms with E-state index in [9.17, 15) is 24.4 Å². The number of thiophene rings is 1. The van der Waals surface area contributed by atoms with E-state index >= 15 is 0 Å². The molecule has 2 aliphatic heterocycles. The van der Waals surface area contributed by atoms with Gasteiger partial charge in [-0.2, -0.15) is 5.26 Å². The minimum Gasteiger partial charge on any atom is -0.444 e. The standard InChI is InChI=1S/C32H34N6O5S/c1-17-23(27(39)36-9-11-37(12-10-36)30(42)43-31(2,3)4)21(13-18(15-33)35-17)20-7-8-34-22-14-19(44-26(20)22)16-38-28(40)24-25(29(38)41)32(24,5)6/h7-8,13-14,24-25H,9-12,16H2,1-6H3. The summed E-state index contributed by atoms with van der Waals surface area (Å²) in [7, 11) is 0. The fraction of sp³-hybridized carbons (Fsp3) is 0.469. The van der Waals surface area contributed by atoms with Crippen LogP contribution in [0.25, 0.3) is 21.3 Å². The molecule has 12 heteroatoms. The number of hydrogen-bond donors (Lipinski definition) is 0. The number of imide groups is 1. The number of piperidine rings is 1. The zero-order valence-electron chi connectivity index (χ0n) is 25.6. The van der Waals surface area contributed by atoms with Crippen LogP contribution >= 0.6 is 11.3 Å². The molecule has 4 amide bonds. The summed E-state index contributed by atoms with van der Waals surface area (Å²) in [6, 6.07) is 7.39. The second-order valence-corrected chi connectivity index (χ2v) is 14.3. The first-order chi connectivity index (χ1) is 20.7. The molecule has 2 atom stereocenters. The lowest BCUT2D eigenvalue weighted by Crippen LogP contribution is -2.51. The number of aromatic nitrogens is 2. The third-order valence-corrected chi connectivity index (χ3v) is 9.85. The Bertz CT molecular complexity index is 1750. The van der Waals surface area contributed by atoms with Crippen molar-refractivity contribution in [3.8, 4) is 17.2 Å². The molecular formula is C32H34N6O5S. The monoisotopic (exact) mass is 614 g/mol. The molecule has 6 rings (SSSR count). The van der Waals surface area contributed by atoms with Gasteiger partial charge in [0.25, 0.3) is 5.91 Å². The Morgan fingerprint density at radius 2 is 1.70 bits per heavy atom. The molecule has 0 aromatic carbocycles. The number of carbonyl (C=O) groups is 4. The first-order valence-electron chi connectivity index (χ1n) is 14.6. The molecule has 3 aliphatic rings. The quantitative estimate of drug-likeness (QED) is 0.395. The first kappa shape index (κ1) is 29.7. The molecule has 228 valence electrons. The minimum absolute atomic E-state index is 0.126. The second-order valence-electron chi connectivity index (χ2n) is 13.2. The number of aryl methyl sites for hydroxylation is 1. The molecule has 3 fully saturated rings. The van der Waals surface area contributed by atoms with Crippen LogP contribution in [0.4, 0.5) is 4.79 Å². The molecule has 0 radical (unpaired) electrons. The molecular weight excluding hydrogens is 580 g/mol. The Balaban J connectivity index is 1.30. The SMILES string of the molecule is Cc1nc(C#N)cc(-c2ccnc3cc(CN4C(=O)C5C(C4=O)C5(C)C)sc23)c1C(=O)N1CCN(C(=O)OC(C)(C)C)CC1. The van der Waals surface area contributed by atoms with Gasteiger partial charge in [0.05, 0.1) is 39.9 Å². The van der Waals surface area contributed by atoms with E-state index in [1.54, 1.807) is 35.1 Å². The van der Waals surface area contributed by atoms with Crippen molar-refractivity contribution < 1.29 is 23.9 Å². The fourth-order valence-corrected chi connectivity index (χ4v) is 7.51. The van der Waals surface area contributed by atoms with Gasteiger partial charge in [-0.25, -0.2) is 9.78 Å². The van der Waals surface area contributed by atoms with Crippen molar-refractivity contribution in [3.63, 3.8) is 0 Å². The van der Waals surface area contributed by atoms with Gasteiger partial charge in [-0.1, -0.05) is 13.8 Å². The zero-order valence-corrected chi connectivity index (χ0v) is 26.4. The van der Waals surface area contributed by atoms with E-state index in [1.807, 2.05) is 40.7 Å². The summed E-state index contributed by atoms with van der Waals surface area (Å²) in [6.07, 6.45) is 1.24. The summed E-state index contributed by atoms with van der Waals surface area (Å²) in [5.41, 5.74) is 2.05. The number of carbonyl (C=O) groups excluding carboxylic acids is 4. The van der Waals surface area contributed by atoms with Crippen molar-refractivity contribution in [1.82, 2.24) is 24.7 Å². The molecule has 2 saturated heterocycles. The Morgan fingerprint density at radius 3 is 2.32 bits per heavy atom. The highest BCUT2D eigenvalue weighted by atomic mass is 32.1. The lowest BCUT2D eigenvalue weighted by atomic mass is 9.97. The van der Waals surface area contributed by atoms with Crippen LogP contribution in [0.1, 0.15) is 61.2 Å². The highest BCUT2D eigenvalue weighted by Crippen LogP contribution is 2.63. The molecule has 5 heterocycles. The molecule has 1 saturated carbocycles. The van der Waals surface area contributed by atoms with Crippen LogP contribution < -0.4 is 0 Å². The van der Waals surface area contributed by atoms with Crippen LogP contribution in [-0.2, 0) is 20.9 Å². The van der Waals surface area contributed by atoms with Crippen LogP contribution in [0.15, 0.2) is 24.4 Å². The van der Waals surface area contributed by atoms with Gasteiger partial charge in [0.15, 0.2) is 0 Å². The Hall–Kier alpha value is -4.37. The Morgan fingerprint density at radius 1 is 1.07 bits per heavy atom. The number of likely N-dealkylation sites (tertiary alicyclic amines) is 1. The maximum Gasteiger partial charge on any atom is 0.410 e. The minimum atomic E-state index is -0.613. The first-order valence-corrected chi connectivity index (χ1v) is 15.4. The third kappa shape index (κ3) is 4.99. The van der Waals surface area contributed by atoms with E-state index in [4.69, 9.17) is 4.74 Å². The number of pyridine rings is 2. The molecule has 2 unspecified atom stereocenters. The predicted octanol–water partition coefficient (Wildman–Crippen LogP) is 4.37. The summed E-state index contributed by atoms with van der Waals surface area (Å²) >= 11 is 1.41. The summed E-state index contributed by atoms with van der Waals surface area (Å²) in [4.78, 5) is 66.9. The highest BCUT2D eigenvalue weighted by molar-refractivity contribution is 7.19. The second kappa shape index (κ2) is 10.4. The summed E-state index contributed by atoms with van der Waals surface area (Å²) in [5.74, 6) is -0.990. The van der Waals surface area contributed by atoms with E-state index in [1.165, 1.54) is 16.2 Å². The van der Waals surface area contributed by atoms with Gasteiger partial charge in [-0.05, 0) is 51.3 Å². The molecule has 44 heavy (non-hydrogen) atoms. The van der Waals surface area contributed by atoms with Crippen LogP contribution in [0.2, 0.25) is 0 Å². The number of ether oxygens (including phenoxy) is 1. The van der Waals surface area contributed by atoms with Gasteiger partial charge in [0.1, 0.15) is 17.4 Å². The van der Waals surface area contributed by atoms with Crippen molar-refractivity contribution in [2.45, 2.75) is 53.7 Å². The van der Waals surface area contributed by atoms with Gasteiger partial charge in [0, 0.05) is 48.4 Å². The van der Waals surface area contributed by atoms with E-state index in [0.717, 1.165) is 9.58 Å². The Labute approximate surface area is 259 Å². The number of nitrogens with zero attached hydrogens (tertiary/aromatic N) is 6. The summed E-state index contributed by atoms with van der Waals surface area (Å²) < 4.78 is 6.27. The lowest BCUT2D eigenvalue weighted by Gasteiger charge is -2.36. The van der Waals surface area contributed by atoms with Crippen molar-refractivity contribution in [1.29, 1.82) is 5.26 Å². The maximum atomic E-state index is 14.0. The number of hydrogen-bond acceptors (Lipinski definition) is 9. The lowest BCUT2D eigenvalue weighted by molar-refractivity contribution is -0.143. The fourth-order valence-electron chi connectivity index (χ4n) is 6.38. The largest absolute Gasteiger partial charge is 0.444 e. The average molecular weight is 615 g/mol.